The SMILES string of the molecule is CCCCCC=C(C)C(=O)ON(CC)CC. The number of hydroxylamine groups is 2. The molecule has 0 spiro atoms. The monoisotopic (exact) mass is 227 g/mol. The number of hydrogen-bond acceptors (Lipinski definition) is 3. The maximum absolute atomic E-state index is 11.6. The average Bonchev–Trinajstić information content (AvgIpc) is 2.30. The lowest BCUT2D eigenvalue weighted by Gasteiger charge is -2.17. The summed E-state index contributed by atoms with van der Waals surface area (Å²) in [6.45, 7) is 9.38. The highest BCUT2D eigenvalue weighted by molar-refractivity contribution is 5.87. The molecule has 0 saturated carbocycles. The van der Waals surface area contributed by atoms with Crippen molar-refractivity contribution < 1.29 is 9.63 Å². The van der Waals surface area contributed by atoms with Crippen molar-refractivity contribution in [2.45, 2.75) is 53.4 Å². The molecule has 0 aromatic heterocycles. The van der Waals surface area contributed by atoms with E-state index in [0.29, 0.717) is 5.57 Å². The highest BCUT2D eigenvalue weighted by Gasteiger charge is 2.09. The summed E-state index contributed by atoms with van der Waals surface area (Å²) >= 11 is 0. The lowest BCUT2D eigenvalue weighted by molar-refractivity contribution is -0.183. The lowest BCUT2D eigenvalue weighted by atomic mass is 10.1. The first-order valence-electron chi connectivity index (χ1n) is 6.29. The summed E-state index contributed by atoms with van der Waals surface area (Å²) in [4.78, 5) is 16.8. The van der Waals surface area contributed by atoms with Gasteiger partial charge in [0.1, 0.15) is 0 Å². The highest BCUT2D eigenvalue weighted by atomic mass is 16.7. The van der Waals surface area contributed by atoms with Gasteiger partial charge in [0.05, 0.1) is 0 Å². The molecule has 0 aliphatic carbocycles. The minimum absolute atomic E-state index is 0.222. The Hall–Kier alpha value is -0.830. The molecule has 0 aliphatic heterocycles. The van der Waals surface area contributed by atoms with Crippen molar-refractivity contribution in [3.8, 4) is 0 Å². The van der Waals surface area contributed by atoms with Crippen LogP contribution in [0.3, 0.4) is 0 Å². The van der Waals surface area contributed by atoms with Gasteiger partial charge in [0, 0.05) is 18.7 Å². The van der Waals surface area contributed by atoms with Gasteiger partial charge in [0.2, 0.25) is 0 Å². The van der Waals surface area contributed by atoms with Crippen molar-refractivity contribution in [2.75, 3.05) is 13.1 Å². The summed E-state index contributed by atoms with van der Waals surface area (Å²) in [5.41, 5.74) is 0.711. The molecular formula is C13H25NO2. The van der Waals surface area contributed by atoms with E-state index in [1.165, 1.54) is 12.8 Å². The van der Waals surface area contributed by atoms with Crippen molar-refractivity contribution in [1.82, 2.24) is 5.06 Å². The Bertz CT molecular complexity index is 220. The van der Waals surface area contributed by atoms with E-state index in [0.717, 1.165) is 25.9 Å². The van der Waals surface area contributed by atoms with Gasteiger partial charge in [-0.15, -0.1) is 5.06 Å². The maximum Gasteiger partial charge on any atom is 0.352 e. The van der Waals surface area contributed by atoms with Crippen LogP contribution in [0.15, 0.2) is 11.6 Å². The summed E-state index contributed by atoms with van der Waals surface area (Å²) < 4.78 is 0. The first-order chi connectivity index (χ1) is 7.65. The van der Waals surface area contributed by atoms with Gasteiger partial charge in [-0.1, -0.05) is 25.8 Å². The minimum atomic E-state index is -0.222. The Morgan fingerprint density at radius 1 is 1.19 bits per heavy atom. The number of carbonyl (C=O) groups excluding carboxylic acids is 1. The van der Waals surface area contributed by atoms with E-state index in [1.807, 2.05) is 26.8 Å². The van der Waals surface area contributed by atoms with Crippen molar-refractivity contribution in [1.29, 1.82) is 0 Å². The van der Waals surface area contributed by atoms with Gasteiger partial charge in [0.15, 0.2) is 0 Å². The second-order valence-corrected chi connectivity index (χ2v) is 3.88. The quantitative estimate of drug-likeness (QED) is 0.362. The number of allylic oxidation sites excluding steroid dienone is 1. The molecule has 0 N–H and O–H groups in total. The molecule has 0 unspecified atom stereocenters. The van der Waals surface area contributed by atoms with Gasteiger partial charge in [0.25, 0.3) is 0 Å². The summed E-state index contributed by atoms with van der Waals surface area (Å²) in [5, 5.41) is 1.66. The Balaban J connectivity index is 3.96. The zero-order chi connectivity index (χ0) is 12.4. The van der Waals surface area contributed by atoms with Gasteiger partial charge in [-0.3, -0.25) is 0 Å². The van der Waals surface area contributed by atoms with Crippen molar-refractivity contribution in [3.63, 3.8) is 0 Å². The van der Waals surface area contributed by atoms with Crippen molar-refractivity contribution in [3.05, 3.63) is 11.6 Å². The lowest BCUT2D eigenvalue weighted by Crippen LogP contribution is -2.27. The molecule has 0 rings (SSSR count). The van der Waals surface area contributed by atoms with Crippen LogP contribution >= 0.6 is 0 Å². The van der Waals surface area contributed by atoms with E-state index >= 15 is 0 Å². The van der Waals surface area contributed by atoms with Crippen LogP contribution in [0.5, 0.6) is 0 Å². The molecule has 0 heterocycles. The normalized spacial score (nSPS) is 11.9. The number of rotatable bonds is 8. The van der Waals surface area contributed by atoms with E-state index in [4.69, 9.17) is 4.84 Å². The average molecular weight is 227 g/mol. The Morgan fingerprint density at radius 3 is 2.31 bits per heavy atom. The third-order valence-electron chi connectivity index (χ3n) is 2.50. The first-order valence-corrected chi connectivity index (χ1v) is 6.29. The smallest absolute Gasteiger partial charge is 0.352 e. The van der Waals surface area contributed by atoms with Gasteiger partial charge in [-0.05, 0) is 33.6 Å². The Labute approximate surface area is 99.4 Å². The van der Waals surface area contributed by atoms with Gasteiger partial charge in [-0.25, -0.2) is 4.79 Å². The van der Waals surface area contributed by atoms with Gasteiger partial charge >= 0.3 is 5.97 Å². The van der Waals surface area contributed by atoms with E-state index in [1.54, 1.807) is 5.06 Å². The van der Waals surface area contributed by atoms with Gasteiger partial charge < -0.3 is 4.84 Å². The molecule has 3 nitrogen and oxygen atoms in total. The van der Waals surface area contributed by atoms with Gasteiger partial charge in [-0.2, -0.15) is 0 Å². The third-order valence-corrected chi connectivity index (χ3v) is 2.50. The number of nitrogens with zero attached hydrogens (tertiary/aromatic N) is 1. The van der Waals surface area contributed by atoms with Crippen LogP contribution in [0.25, 0.3) is 0 Å². The molecule has 94 valence electrons. The van der Waals surface area contributed by atoms with E-state index in [9.17, 15) is 4.79 Å². The molecule has 0 aromatic carbocycles. The molecule has 0 saturated heterocycles. The van der Waals surface area contributed by atoms with Crippen LogP contribution in [0, 0.1) is 0 Å². The Morgan fingerprint density at radius 2 is 1.81 bits per heavy atom. The summed E-state index contributed by atoms with van der Waals surface area (Å²) in [7, 11) is 0. The second-order valence-electron chi connectivity index (χ2n) is 3.88. The molecule has 3 heteroatoms. The van der Waals surface area contributed by atoms with Crippen LogP contribution in [0.1, 0.15) is 53.4 Å². The molecule has 0 aliphatic rings. The van der Waals surface area contributed by atoms with Crippen LogP contribution < -0.4 is 0 Å². The predicted molar refractivity (Wildman–Crippen MR) is 66.9 cm³/mol. The molecule has 0 atom stereocenters. The van der Waals surface area contributed by atoms with Crippen LogP contribution in [-0.2, 0) is 9.63 Å². The van der Waals surface area contributed by atoms with E-state index < -0.39 is 0 Å². The first kappa shape index (κ1) is 15.2. The molecule has 0 fully saturated rings. The topological polar surface area (TPSA) is 29.5 Å². The fourth-order valence-electron chi connectivity index (χ4n) is 1.34. The maximum atomic E-state index is 11.6. The molecule has 0 aromatic rings. The fraction of sp³-hybridized carbons (Fsp3) is 0.769. The van der Waals surface area contributed by atoms with Crippen LogP contribution in [0.2, 0.25) is 0 Å². The summed E-state index contributed by atoms with van der Waals surface area (Å²) in [6.07, 6.45) is 6.51. The molecule has 0 radical (unpaired) electrons. The zero-order valence-electron chi connectivity index (χ0n) is 11.1. The molecule has 0 amide bonds. The summed E-state index contributed by atoms with van der Waals surface area (Å²) in [6, 6.07) is 0. The largest absolute Gasteiger partial charge is 0.364 e. The third kappa shape index (κ3) is 6.62. The number of unbranched alkanes of at least 4 members (excludes halogenated alkanes) is 3. The standard InChI is InChI=1S/C13H25NO2/c1-5-8-9-10-11-12(4)13(15)16-14(6-2)7-3/h11H,5-10H2,1-4H3. The van der Waals surface area contributed by atoms with Crippen LogP contribution in [0.4, 0.5) is 0 Å². The summed E-state index contributed by atoms with van der Waals surface area (Å²) in [5.74, 6) is -0.222. The van der Waals surface area contributed by atoms with E-state index in [2.05, 4.69) is 6.92 Å². The molecular weight excluding hydrogens is 202 g/mol. The molecule has 0 bridgehead atoms. The highest BCUT2D eigenvalue weighted by Crippen LogP contribution is 2.05. The van der Waals surface area contributed by atoms with Crippen molar-refractivity contribution >= 4 is 5.97 Å². The fourth-order valence-corrected chi connectivity index (χ4v) is 1.34. The number of hydrogen-bond donors (Lipinski definition) is 0. The predicted octanol–water partition coefficient (Wildman–Crippen LogP) is 3.31. The van der Waals surface area contributed by atoms with Crippen LogP contribution in [-0.4, -0.2) is 24.1 Å². The minimum Gasteiger partial charge on any atom is -0.364 e. The molecule has 16 heavy (non-hydrogen) atoms. The van der Waals surface area contributed by atoms with Crippen molar-refractivity contribution in [2.24, 2.45) is 0 Å². The number of carbonyl (C=O) groups is 1. The zero-order valence-corrected chi connectivity index (χ0v) is 11.1. The van der Waals surface area contributed by atoms with E-state index in [-0.39, 0.29) is 5.97 Å². The second kappa shape index (κ2) is 9.40. The Kier molecular flexibility index (Phi) is 8.91.